The highest BCUT2D eigenvalue weighted by Crippen LogP contribution is 2.29. The standard InChI is InChI=1S/C23H29N3O5S/c1-2-31-21(27)10-14-25-16-18(22-19(25)9-11-24-23(22)28)15-17-7-3-4-8-20(17)32(29,30)26-12-5-6-13-26/h3-4,7-8,16H,2,5-6,9-15H2,1H3,(H,24,28). The van der Waals surface area contributed by atoms with Gasteiger partial charge in [-0.2, -0.15) is 4.31 Å². The molecule has 0 spiro atoms. The summed E-state index contributed by atoms with van der Waals surface area (Å²) in [5.74, 6) is -0.435. The van der Waals surface area contributed by atoms with Crippen molar-refractivity contribution >= 4 is 21.9 Å². The first-order chi connectivity index (χ1) is 15.4. The van der Waals surface area contributed by atoms with Gasteiger partial charge in [-0.25, -0.2) is 8.42 Å². The van der Waals surface area contributed by atoms with E-state index in [4.69, 9.17) is 4.74 Å². The summed E-state index contributed by atoms with van der Waals surface area (Å²) in [6.07, 6.45) is 4.84. The first-order valence-corrected chi connectivity index (χ1v) is 12.6. The van der Waals surface area contributed by atoms with Crippen LogP contribution in [0.25, 0.3) is 0 Å². The minimum absolute atomic E-state index is 0.156. The number of fused-ring (bicyclic) bond motifs is 1. The van der Waals surface area contributed by atoms with Crippen molar-refractivity contribution in [3.05, 3.63) is 52.8 Å². The van der Waals surface area contributed by atoms with Crippen LogP contribution in [-0.2, 0) is 38.9 Å². The molecule has 1 fully saturated rings. The van der Waals surface area contributed by atoms with E-state index in [1.165, 1.54) is 0 Å². The van der Waals surface area contributed by atoms with Gasteiger partial charge in [-0.1, -0.05) is 18.2 Å². The quantitative estimate of drug-likeness (QED) is 0.610. The highest BCUT2D eigenvalue weighted by Gasteiger charge is 2.30. The molecule has 1 N–H and O–H groups in total. The molecule has 3 heterocycles. The molecule has 2 aromatic rings. The Kier molecular flexibility index (Phi) is 6.66. The first-order valence-electron chi connectivity index (χ1n) is 11.1. The van der Waals surface area contributed by atoms with Crippen LogP contribution in [-0.4, -0.2) is 55.4 Å². The number of nitrogens with one attached hydrogen (secondary N) is 1. The van der Waals surface area contributed by atoms with E-state index in [0.717, 1.165) is 24.1 Å². The summed E-state index contributed by atoms with van der Waals surface area (Å²) in [6.45, 7) is 4.14. The van der Waals surface area contributed by atoms with Gasteiger partial charge in [-0.05, 0) is 37.0 Å². The Hall–Kier alpha value is -2.65. The van der Waals surface area contributed by atoms with Crippen molar-refractivity contribution in [2.45, 2.75) is 50.5 Å². The number of hydrogen-bond donors (Lipinski definition) is 1. The zero-order valence-corrected chi connectivity index (χ0v) is 19.1. The average molecular weight is 460 g/mol. The summed E-state index contributed by atoms with van der Waals surface area (Å²) < 4.78 is 35.0. The van der Waals surface area contributed by atoms with Gasteiger partial charge in [0.15, 0.2) is 0 Å². The van der Waals surface area contributed by atoms with Crippen molar-refractivity contribution in [1.29, 1.82) is 0 Å². The second-order valence-corrected chi connectivity index (χ2v) is 10.0. The number of ether oxygens (including phenoxy) is 1. The Morgan fingerprint density at radius 1 is 1.16 bits per heavy atom. The van der Waals surface area contributed by atoms with Crippen molar-refractivity contribution in [2.75, 3.05) is 26.2 Å². The number of amides is 1. The van der Waals surface area contributed by atoms with Crippen molar-refractivity contribution in [1.82, 2.24) is 14.2 Å². The fourth-order valence-electron chi connectivity index (χ4n) is 4.54. The van der Waals surface area contributed by atoms with Crippen LogP contribution in [0.2, 0.25) is 0 Å². The first kappa shape index (κ1) is 22.5. The van der Waals surface area contributed by atoms with Crippen LogP contribution >= 0.6 is 0 Å². The van der Waals surface area contributed by atoms with Gasteiger partial charge in [-0.15, -0.1) is 0 Å². The SMILES string of the molecule is CCOC(=O)CCn1cc(Cc2ccccc2S(=O)(=O)N2CCCC2)c2c1CCNC2=O. The molecule has 1 amide bonds. The summed E-state index contributed by atoms with van der Waals surface area (Å²) in [5.41, 5.74) is 2.91. The number of carbonyl (C=O) groups excluding carboxylic acids is 2. The number of hydrogen-bond acceptors (Lipinski definition) is 5. The maximum Gasteiger partial charge on any atom is 0.307 e. The maximum atomic E-state index is 13.2. The lowest BCUT2D eigenvalue weighted by atomic mass is 9.99. The Balaban J connectivity index is 1.67. The Morgan fingerprint density at radius 3 is 2.66 bits per heavy atom. The molecular weight excluding hydrogens is 430 g/mol. The highest BCUT2D eigenvalue weighted by atomic mass is 32.2. The summed E-state index contributed by atoms with van der Waals surface area (Å²) in [4.78, 5) is 24.8. The molecule has 2 aliphatic heterocycles. The van der Waals surface area contributed by atoms with Gasteiger partial charge in [0.2, 0.25) is 10.0 Å². The van der Waals surface area contributed by atoms with Crippen LogP contribution in [0, 0.1) is 0 Å². The van der Waals surface area contributed by atoms with Gasteiger partial charge >= 0.3 is 5.97 Å². The van der Waals surface area contributed by atoms with Gasteiger partial charge in [0.05, 0.1) is 23.5 Å². The summed E-state index contributed by atoms with van der Waals surface area (Å²) in [7, 11) is -3.58. The molecule has 8 nitrogen and oxygen atoms in total. The summed E-state index contributed by atoms with van der Waals surface area (Å²) in [6, 6.07) is 7.01. The normalized spacial score (nSPS) is 16.6. The lowest BCUT2D eigenvalue weighted by Crippen LogP contribution is -2.33. The highest BCUT2D eigenvalue weighted by molar-refractivity contribution is 7.89. The van der Waals surface area contributed by atoms with Crippen LogP contribution in [0.1, 0.15) is 53.4 Å². The lowest BCUT2D eigenvalue weighted by molar-refractivity contribution is -0.143. The summed E-state index contributed by atoms with van der Waals surface area (Å²) >= 11 is 0. The molecule has 2 aliphatic rings. The van der Waals surface area contributed by atoms with E-state index in [9.17, 15) is 18.0 Å². The third kappa shape index (κ3) is 4.45. The Bertz CT molecular complexity index is 1120. The van der Waals surface area contributed by atoms with Crippen molar-refractivity contribution < 1.29 is 22.7 Å². The molecule has 9 heteroatoms. The zero-order valence-electron chi connectivity index (χ0n) is 18.3. The number of carbonyl (C=O) groups is 2. The van der Waals surface area contributed by atoms with E-state index < -0.39 is 10.0 Å². The number of nitrogens with zero attached hydrogens (tertiary/aromatic N) is 2. The molecular formula is C23H29N3O5S. The fourth-order valence-corrected chi connectivity index (χ4v) is 6.28. The number of aromatic nitrogens is 1. The van der Waals surface area contributed by atoms with E-state index in [-0.39, 0.29) is 18.3 Å². The van der Waals surface area contributed by atoms with Crippen LogP contribution in [0.3, 0.4) is 0 Å². The molecule has 0 bridgehead atoms. The van der Waals surface area contributed by atoms with E-state index in [0.29, 0.717) is 61.6 Å². The zero-order chi connectivity index (χ0) is 22.7. The molecule has 0 aliphatic carbocycles. The lowest BCUT2D eigenvalue weighted by Gasteiger charge is -2.19. The van der Waals surface area contributed by atoms with E-state index >= 15 is 0 Å². The van der Waals surface area contributed by atoms with Crippen molar-refractivity contribution in [3.63, 3.8) is 0 Å². The third-order valence-electron chi connectivity index (χ3n) is 6.04. The van der Waals surface area contributed by atoms with Crippen LogP contribution < -0.4 is 5.32 Å². The average Bonchev–Trinajstić information content (AvgIpc) is 3.43. The molecule has 172 valence electrons. The molecule has 0 unspecified atom stereocenters. The predicted molar refractivity (Wildman–Crippen MR) is 119 cm³/mol. The van der Waals surface area contributed by atoms with Crippen LogP contribution in [0.4, 0.5) is 0 Å². The number of benzene rings is 1. The topological polar surface area (TPSA) is 97.7 Å². The van der Waals surface area contributed by atoms with Crippen molar-refractivity contribution in [2.24, 2.45) is 0 Å². The molecule has 1 aromatic heterocycles. The molecule has 4 rings (SSSR count). The third-order valence-corrected chi connectivity index (χ3v) is 8.04. The number of esters is 1. The van der Waals surface area contributed by atoms with E-state index in [1.54, 1.807) is 23.4 Å². The minimum atomic E-state index is -3.58. The predicted octanol–water partition coefficient (Wildman–Crippen LogP) is 2.10. The van der Waals surface area contributed by atoms with E-state index in [2.05, 4.69) is 5.32 Å². The van der Waals surface area contributed by atoms with Gasteiger partial charge in [0, 0.05) is 50.9 Å². The van der Waals surface area contributed by atoms with Gasteiger partial charge in [-0.3, -0.25) is 9.59 Å². The number of rotatable bonds is 8. The molecule has 0 radical (unpaired) electrons. The molecule has 1 saturated heterocycles. The maximum absolute atomic E-state index is 13.2. The largest absolute Gasteiger partial charge is 0.466 e. The Labute approximate surface area is 188 Å². The fraction of sp³-hybridized carbons (Fsp3) is 0.478. The molecule has 1 aromatic carbocycles. The van der Waals surface area contributed by atoms with Crippen molar-refractivity contribution in [3.8, 4) is 0 Å². The van der Waals surface area contributed by atoms with Gasteiger partial charge in [0.25, 0.3) is 5.91 Å². The minimum Gasteiger partial charge on any atom is -0.466 e. The molecule has 32 heavy (non-hydrogen) atoms. The summed E-state index contributed by atoms with van der Waals surface area (Å²) in [5, 5.41) is 2.88. The second-order valence-electron chi connectivity index (χ2n) is 8.13. The number of sulfonamides is 1. The van der Waals surface area contributed by atoms with E-state index in [1.807, 2.05) is 22.9 Å². The monoisotopic (exact) mass is 459 g/mol. The number of aryl methyl sites for hydroxylation is 1. The van der Waals surface area contributed by atoms with Crippen LogP contribution in [0.15, 0.2) is 35.4 Å². The molecule has 0 saturated carbocycles. The molecule has 0 atom stereocenters. The Morgan fingerprint density at radius 2 is 1.91 bits per heavy atom. The van der Waals surface area contributed by atoms with Gasteiger partial charge in [0.1, 0.15) is 0 Å². The van der Waals surface area contributed by atoms with Crippen LogP contribution in [0.5, 0.6) is 0 Å². The second kappa shape index (κ2) is 9.46. The van der Waals surface area contributed by atoms with Gasteiger partial charge < -0.3 is 14.6 Å². The smallest absolute Gasteiger partial charge is 0.307 e.